The second kappa shape index (κ2) is 4.89. The third-order valence-corrected chi connectivity index (χ3v) is 4.21. The number of rotatable bonds is 1. The zero-order valence-electron chi connectivity index (χ0n) is 10.5. The highest BCUT2D eigenvalue weighted by Gasteiger charge is 2.14. The summed E-state index contributed by atoms with van der Waals surface area (Å²) in [6.07, 6.45) is 0. The quantitative estimate of drug-likeness (QED) is 0.618. The average molecular weight is 402 g/mol. The van der Waals surface area contributed by atoms with Gasteiger partial charge in [-0.1, -0.05) is 11.6 Å². The number of benzene rings is 2. The Bertz CT molecular complexity index is 829. The zero-order valence-corrected chi connectivity index (χ0v) is 13.4. The van der Waals surface area contributed by atoms with Crippen LogP contribution in [0, 0.1) is 16.3 Å². The molecule has 3 aromatic rings. The van der Waals surface area contributed by atoms with Gasteiger partial charge in [0.05, 0.1) is 16.7 Å². The molecule has 0 aliphatic rings. The van der Waals surface area contributed by atoms with E-state index >= 15 is 0 Å². The summed E-state index contributed by atoms with van der Waals surface area (Å²) in [7, 11) is 0. The third-order valence-electron chi connectivity index (χ3n) is 3.11. The Hall–Kier alpha value is -1.34. The van der Waals surface area contributed by atoms with Gasteiger partial charge >= 0.3 is 0 Å². The van der Waals surface area contributed by atoms with Crippen molar-refractivity contribution in [3.63, 3.8) is 0 Å². The monoisotopic (exact) mass is 401 g/mol. The molecule has 0 aliphatic heterocycles. The number of aryl methyl sites for hydroxylation is 1. The van der Waals surface area contributed by atoms with E-state index in [0.717, 1.165) is 14.8 Å². The molecule has 102 valence electrons. The SMILES string of the molecule is Cc1cc2c(cc1F)nc(N)n2-c1ccc(Cl)cc1I. The van der Waals surface area contributed by atoms with Crippen molar-refractivity contribution in [2.75, 3.05) is 5.73 Å². The maximum Gasteiger partial charge on any atom is 0.205 e. The maximum absolute atomic E-state index is 13.6. The highest BCUT2D eigenvalue weighted by atomic mass is 127. The van der Waals surface area contributed by atoms with E-state index in [1.165, 1.54) is 6.07 Å². The Morgan fingerprint density at radius 2 is 2.05 bits per heavy atom. The van der Waals surface area contributed by atoms with E-state index in [2.05, 4.69) is 27.6 Å². The fraction of sp³-hybridized carbons (Fsp3) is 0.0714. The largest absolute Gasteiger partial charge is 0.369 e. The summed E-state index contributed by atoms with van der Waals surface area (Å²) in [6, 6.07) is 8.67. The number of nitrogen functional groups attached to an aromatic ring is 1. The van der Waals surface area contributed by atoms with Gasteiger partial charge in [-0.05, 0) is 59.3 Å². The highest BCUT2D eigenvalue weighted by Crippen LogP contribution is 2.29. The van der Waals surface area contributed by atoms with Crippen LogP contribution in [0.15, 0.2) is 30.3 Å². The molecular weight excluding hydrogens is 392 g/mol. The first kappa shape index (κ1) is 13.6. The molecule has 0 saturated carbocycles. The lowest BCUT2D eigenvalue weighted by Crippen LogP contribution is -2.02. The van der Waals surface area contributed by atoms with Gasteiger partial charge in [-0.3, -0.25) is 4.57 Å². The molecule has 1 aromatic heterocycles. The predicted molar refractivity (Wildman–Crippen MR) is 87.9 cm³/mol. The van der Waals surface area contributed by atoms with E-state index in [0.29, 0.717) is 22.1 Å². The first-order valence-corrected chi connectivity index (χ1v) is 7.32. The molecule has 3 nitrogen and oxygen atoms in total. The number of nitrogens with two attached hydrogens (primary N) is 1. The van der Waals surface area contributed by atoms with Crippen molar-refractivity contribution in [1.82, 2.24) is 9.55 Å². The number of fused-ring (bicyclic) bond motifs is 1. The van der Waals surface area contributed by atoms with Crippen LogP contribution in [0.3, 0.4) is 0 Å². The Kier molecular flexibility index (Phi) is 3.33. The molecule has 20 heavy (non-hydrogen) atoms. The molecule has 2 aromatic carbocycles. The zero-order chi connectivity index (χ0) is 14.4. The number of imidazole rings is 1. The minimum atomic E-state index is -0.284. The minimum Gasteiger partial charge on any atom is -0.369 e. The number of hydrogen-bond donors (Lipinski definition) is 1. The topological polar surface area (TPSA) is 43.8 Å². The van der Waals surface area contributed by atoms with Crippen LogP contribution in [0.4, 0.5) is 10.3 Å². The summed E-state index contributed by atoms with van der Waals surface area (Å²) in [6.45, 7) is 1.72. The van der Waals surface area contributed by atoms with Gasteiger partial charge in [-0.2, -0.15) is 0 Å². The van der Waals surface area contributed by atoms with Crippen LogP contribution in [0.2, 0.25) is 5.02 Å². The van der Waals surface area contributed by atoms with E-state index in [-0.39, 0.29) is 5.82 Å². The van der Waals surface area contributed by atoms with Gasteiger partial charge in [0.2, 0.25) is 5.95 Å². The number of halogens is 3. The standard InChI is InChI=1S/C14H10ClFIN3/c1-7-4-13-11(6-9(7)16)19-14(18)20(13)12-3-2-8(15)5-10(12)17/h2-6H,1H3,(H2,18,19). The summed E-state index contributed by atoms with van der Waals surface area (Å²) in [4.78, 5) is 4.22. The van der Waals surface area contributed by atoms with Crippen molar-refractivity contribution in [3.05, 3.63) is 50.3 Å². The number of anilines is 1. The van der Waals surface area contributed by atoms with Crippen molar-refractivity contribution in [3.8, 4) is 5.69 Å². The third kappa shape index (κ3) is 2.14. The molecule has 0 bridgehead atoms. The number of nitrogens with zero attached hydrogens (tertiary/aromatic N) is 2. The maximum atomic E-state index is 13.6. The van der Waals surface area contributed by atoms with Gasteiger partial charge in [-0.15, -0.1) is 0 Å². The number of hydrogen-bond acceptors (Lipinski definition) is 2. The average Bonchev–Trinajstić information content (AvgIpc) is 2.66. The predicted octanol–water partition coefficient (Wildman–Crippen LogP) is 4.31. The molecule has 0 spiro atoms. The Labute approximate surface area is 133 Å². The molecule has 0 atom stereocenters. The normalized spacial score (nSPS) is 11.2. The van der Waals surface area contributed by atoms with Gasteiger partial charge in [0, 0.05) is 14.7 Å². The van der Waals surface area contributed by atoms with Crippen LogP contribution in [0.25, 0.3) is 16.7 Å². The second-order valence-corrected chi connectivity index (χ2v) is 6.09. The van der Waals surface area contributed by atoms with Gasteiger partial charge in [0.25, 0.3) is 0 Å². The molecule has 0 unspecified atom stereocenters. The van der Waals surface area contributed by atoms with Crippen molar-refractivity contribution >= 4 is 51.2 Å². The molecule has 6 heteroatoms. The minimum absolute atomic E-state index is 0.284. The summed E-state index contributed by atoms with van der Waals surface area (Å²) in [5.74, 6) is 0.0400. The number of aromatic nitrogens is 2. The summed E-state index contributed by atoms with van der Waals surface area (Å²) in [5, 5.41) is 0.656. The lowest BCUT2D eigenvalue weighted by Gasteiger charge is -2.09. The van der Waals surface area contributed by atoms with E-state index < -0.39 is 0 Å². The Balaban J connectivity index is 2.35. The molecule has 0 amide bonds. The Morgan fingerprint density at radius 1 is 1.30 bits per heavy atom. The van der Waals surface area contributed by atoms with Crippen LogP contribution >= 0.6 is 34.2 Å². The Morgan fingerprint density at radius 3 is 2.75 bits per heavy atom. The van der Waals surface area contributed by atoms with Crippen molar-refractivity contribution in [1.29, 1.82) is 0 Å². The fourth-order valence-electron chi connectivity index (χ4n) is 2.14. The van der Waals surface area contributed by atoms with Crippen LogP contribution in [0.1, 0.15) is 5.56 Å². The summed E-state index contributed by atoms with van der Waals surface area (Å²) >= 11 is 8.16. The van der Waals surface area contributed by atoms with Crippen LogP contribution in [-0.2, 0) is 0 Å². The van der Waals surface area contributed by atoms with Gasteiger partial charge in [0.1, 0.15) is 5.82 Å². The smallest absolute Gasteiger partial charge is 0.205 e. The second-order valence-electron chi connectivity index (χ2n) is 4.49. The van der Waals surface area contributed by atoms with Crippen molar-refractivity contribution < 1.29 is 4.39 Å². The van der Waals surface area contributed by atoms with E-state index in [1.54, 1.807) is 23.6 Å². The molecule has 1 heterocycles. The highest BCUT2D eigenvalue weighted by molar-refractivity contribution is 14.1. The molecule has 0 aliphatic carbocycles. The van der Waals surface area contributed by atoms with E-state index in [1.807, 2.05) is 12.1 Å². The van der Waals surface area contributed by atoms with Gasteiger partial charge in [-0.25, -0.2) is 9.37 Å². The molecule has 0 radical (unpaired) electrons. The van der Waals surface area contributed by atoms with Gasteiger partial charge in [0.15, 0.2) is 0 Å². The molecule has 0 saturated heterocycles. The van der Waals surface area contributed by atoms with Crippen molar-refractivity contribution in [2.24, 2.45) is 0 Å². The molecule has 0 fully saturated rings. The van der Waals surface area contributed by atoms with Crippen LogP contribution < -0.4 is 5.73 Å². The fourth-order valence-corrected chi connectivity index (χ4v) is 3.25. The first-order valence-electron chi connectivity index (χ1n) is 5.87. The molecular formula is C14H10ClFIN3. The lowest BCUT2D eigenvalue weighted by molar-refractivity contribution is 0.620. The van der Waals surface area contributed by atoms with E-state index in [9.17, 15) is 4.39 Å². The van der Waals surface area contributed by atoms with E-state index in [4.69, 9.17) is 17.3 Å². The first-order chi connectivity index (χ1) is 9.47. The van der Waals surface area contributed by atoms with Crippen LogP contribution in [-0.4, -0.2) is 9.55 Å². The lowest BCUT2D eigenvalue weighted by atomic mass is 10.2. The van der Waals surface area contributed by atoms with Crippen molar-refractivity contribution in [2.45, 2.75) is 6.92 Å². The molecule has 2 N–H and O–H groups in total. The molecule has 3 rings (SSSR count). The van der Waals surface area contributed by atoms with Crippen LogP contribution in [0.5, 0.6) is 0 Å². The van der Waals surface area contributed by atoms with Gasteiger partial charge < -0.3 is 5.73 Å². The summed E-state index contributed by atoms with van der Waals surface area (Å²) in [5.41, 5.74) is 8.74. The summed E-state index contributed by atoms with van der Waals surface area (Å²) < 4.78 is 16.4.